The summed E-state index contributed by atoms with van der Waals surface area (Å²) in [6, 6.07) is 23.0. The lowest BCUT2D eigenvalue weighted by Gasteiger charge is -2.32. The highest BCUT2D eigenvalue weighted by molar-refractivity contribution is 7.10. The van der Waals surface area contributed by atoms with Crippen molar-refractivity contribution in [2.45, 2.75) is 31.3 Å². The van der Waals surface area contributed by atoms with Gasteiger partial charge in [0.1, 0.15) is 6.10 Å². The van der Waals surface area contributed by atoms with Gasteiger partial charge in [-0.3, -0.25) is 0 Å². The number of hydrogen-bond donors (Lipinski definition) is 1. The molecule has 0 aliphatic carbocycles. The molecule has 1 aliphatic rings. The number of hydrogen-bond acceptors (Lipinski definition) is 3. The van der Waals surface area contributed by atoms with E-state index in [9.17, 15) is 5.11 Å². The largest absolute Gasteiger partial charge is 0.383 e. The Balaban J connectivity index is 1.36. The van der Waals surface area contributed by atoms with E-state index in [4.69, 9.17) is 0 Å². The monoisotopic (exact) mass is 377 g/mol. The van der Waals surface area contributed by atoms with E-state index < -0.39 is 6.10 Å². The summed E-state index contributed by atoms with van der Waals surface area (Å²) in [5.41, 5.74) is 3.77. The van der Waals surface area contributed by atoms with Crippen LogP contribution < -0.4 is 0 Å². The molecule has 1 aliphatic heterocycles. The van der Waals surface area contributed by atoms with Crippen LogP contribution >= 0.6 is 11.3 Å². The molecule has 2 aromatic carbocycles. The summed E-state index contributed by atoms with van der Waals surface area (Å²) in [6.45, 7) is 3.43. The van der Waals surface area contributed by atoms with Gasteiger partial charge in [-0.1, -0.05) is 60.7 Å². The van der Waals surface area contributed by atoms with Crippen LogP contribution in [0, 0.1) is 0 Å². The van der Waals surface area contributed by atoms with Crippen molar-refractivity contribution in [1.82, 2.24) is 4.90 Å². The normalized spacial score (nSPS) is 17.1. The van der Waals surface area contributed by atoms with Gasteiger partial charge in [-0.25, -0.2) is 0 Å². The Kier molecular flexibility index (Phi) is 6.03. The molecule has 1 unspecified atom stereocenters. The first-order valence-electron chi connectivity index (χ1n) is 9.88. The second-order valence-corrected chi connectivity index (χ2v) is 8.35. The zero-order valence-corrected chi connectivity index (χ0v) is 16.4. The number of piperidine rings is 1. The van der Waals surface area contributed by atoms with Crippen LogP contribution in [0.1, 0.15) is 46.4 Å². The fourth-order valence-electron chi connectivity index (χ4n) is 4.08. The number of benzene rings is 2. The van der Waals surface area contributed by atoms with Crippen molar-refractivity contribution in [1.29, 1.82) is 0 Å². The molecule has 4 rings (SSSR count). The molecular weight excluding hydrogens is 350 g/mol. The number of thiophene rings is 1. The van der Waals surface area contributed by atoms with E-state index >= 15 is 0 Å². The minimum Gasteiger partial charge on any atom is -0.383 e. The van der Waals surface area contributed by atoms with Gasteiger partial charge in [-0.05, 0) is 66.4 Å². The zero-order chi connectivity index (χ0) is 18.5. The van der Waals surface area contributed by atoms with Gasteiger partial charge in [0.25, 0.3) is 0 Å². The molecule has 2 nitrogen and oxygen atoms in total. The van der Waals surface area contributed by atoms with E-state index in [0.717, 1.165) is 36.5 Å². The van der Waals surface area contributed by atoms with Gasteiger partial charge in [-0.2, -0.15) is 0 Å². The smallest absolute Gasteiger partial charge is 0.113 e. The average molecular weight is 378 g/mol. The minimum absolute atomic E-state index is 0.502. The molecule has 3 heteroatoms. The molecule has 0 bridgehead atoms. The van der Waals surface area contributed by atoms with E-state index in [1.54, 1.807) is 11.3 Å². The molecule has 3 aromatic rings. The van der Waals surface area contributed by atoms with Crippen LogP contribution in [0.4, 0.5) is 0 Å². The van der Waals surface area contributed by atoms with E-state index in [1.807, 2.05) is 30.3 Å². The van der Waals surface area contributed by atoms with E-state index in [0.29, 0.717) is 5.92 Å². The highest BCUT2D eigenvalue weighted by atomic mass is 32.1. The summed E-state index contributed by atoms with van der Waals surface area (Å²) in [7, 11) is 0. The molecular formula is C24H27NOS. The van der Waals surface area contributed by atoms with Crippen molar-refractivity contribution in [3.63, 3.8) is 0 Å². The first kappa shape index (κ1) is 18.4. The summed E-state index contributed by atoms with van der Waals surface area (Å²) < 4.78 is 0. The quantitative estimate of drug-likeness (QED) is 0.634. The van der Waals surface area contributed by atoms with E-state index in [1.165, 1.54) is 24.0 Å². The topological polar surface area (TPSA) is 23.5 Å². The van der Waals surface area contributed by atoms with Gasteiger partial charge < -0.3 is 10.0 Å². The predicted octanol–water partition coefficient (Wildman–Crippen LogP) is 5.25. The molecule has 0 radical (unpaired) electrons. The Hall–Kier alpha value is -1.94. The summed E-state index contributed by atoms with van der Waals surface area (Å²) in [5.74, 6) is 0.567. The average Bonchev–Trinajstić information content (AvgIpc) is 3.23. The third kappa shape index (κ3) is 4.49. The lowest BCUT2D eigenvalue weighted by molar-refractivity contribution is 0.206. The van der Waals surface area contributed by atoms with Crippen molar-refractivity contribution in [3.05, 3.63) is 93.7 Å². The van der Waals surface area contributed by atoms with Crippen molar-refractivity contribution >= 4 is 11.3 Å². The third-order valence-electron chi connectivity index (χ3n) is 5.68. The van der Waals surface area contributed by atoms with Crippen LogP contribution in [0.3, 0.4) is 0 Å². The second kappa shape index (κ2) is 8.83. The molecule has 140 valence electrons. The Bertz CT molecular complexity index is 822. The van der Waals surface area contributed by atoms with Crippen LogP contribution in [-0.4, -0.2) is 29.6 Å². The van der Waals surface area contributed by atoms with Crippen molar-refractivity contribution in [2.24, 2.45) is 0 Å². The van der Waals surface area contributed by atoms with Crippen LogP contribution in [0.5, 0.6) is 0 Å². The lowest BCUT2D eigenvalue weighted by atomic mass is 9.88. The first-order valence-corrected chi connectivity index (χ1v) is 10.8. The standard InChI is InChI=1S/C24H27NOS/c26-23(21-9-5-2-6-10-21)24-22(14-18-27-24)20-12-16-25(17-13-20)15-11-19-7-3-1-4-8-19/h1-10,14,18,20,23,26H,11-13,15-17H2. The van der Waals surface area contributed by atoms with Gasteiger partial charge in [0.2, 0.25) is 0 Å². The van der Waals surface area contributed by atoms with Crippen LogP contribution in [0.2, 0.25) is 0 Å². The van der Waals surface area contributed by atoms with Crippen molar-refractivity contribution in [2.75, 3.05) is 19.6 Å². The molecule has 0 amide bonds. The van der Waals surface area contributed by atoms with Gasteiger partial charge in [-0.15, -0.1) is 11.3 Å². The summed E-state index contributed by atoms with van der Waals surface area (Å²) in [5, 5.41) is 13.0. The number of nitrogens with zero attached hydrogens (tertiary/aromatic N) is 1. The number of rotatable bonds is 6. The lowest BCUT2D eigenvalue weighted by Crippen LogP contribution is -2.34. The second-order valence-electron chi connectivity index (χ2n) is 7.40. The molecule has 1 N–H and O–H groups in total. The Morgan fingerprint density at radius 1 is 0.926 bits per heavy atom. The van der Waals surface area contributed by atoms with Crippen LogP contribution in [0.15, 0.2) is 72.1 Å². The number of aliphatic hydroxyl groups is 1. The maximum absolute atomic E-state index is 10.9. The number of aliphatic hydroxyl groups excluding tert-OH is 1. The highest BCUT2D eigenvalue weighted by Gasteiger charge is 2.25. The van der Waals surface area contributed by atoms with Gasteiger partial charge in [0, 0.05) is 11.4 Å². The van der Waals surface area contributed by atoms with Crippen molar-refractivity contribution in [3.8, 4) is 0 Å². The maximum atomic E-state index is 10.9. The van der Waals surface area contributed by atoms with Gasteiger partial charge in [0.05, 0.1) is 0 Å². The molecule has 1 saturated heterocycles. The first-order chi connectivity index (χ1) is 13.3. The third-order valence-corrected chi connectivity index (χ3v) is 6.66. The molecule has 0 saturated carbocycles. The fourth-order valence-corrected chi connectivity index (χ4v) is 5.07. The Labute approximate surface area is 166 Å². The van der Waals surface area contributed by atoms with Crippen LogP contribution in [0.25, 0.3) is 0 Å². The highest BCUT2D eigenvalue weighted by Crippen LogP contribution is 2.38. The molecule has 0 spiro atoms. The zero-order valence-electron chi connectivity index (χ0n) is 15.6. The van der Waals surface area contributed by atoms with E-state index in [-0.39, 0.29) is 0 Å². The Morgan fingerprint density at radius 3 is 2.30 bits per heavy atom. The van der Waals surface area contributed by atoms with Crippen LogP contribution in [-0.2, 0) is 6.42 Å². The molecule has 1 aromatic heterocycles. The fraction of sp³-hybridized carbons (Fsp3) is 0.333. The summed E-state index contributed by atoms with van der Waals surface area (Å²) in [4.78, 5) is 3.72. The maximum Gasteiger partial charge on any atom is 0.113 e. The van der Waals surface area contributed by atoms with Gasteiger partial charge >= 0.3 is 0 Å². The Morgan fingerprint density at radius 2 is 1.59 bits per heavy atom. The molecule has 27 heavy (non-hydrogen) atoms. The van der Waals surface area contributed by atoms with Gasteiger partial charge in [0.15, 0.2) is 0 Å². The predicted molar refractivity (Wildman–Crippen MR) is 113 cm³/mol. The SMILES string of the molecule is OC(c1ccccc1)c1sccc1C1CCN(CCc2ccccc2)CC1. The molecule has 1 atom stereocenters. The van der Waals surface area contributed by atoms with E-state index in [2.05, 4.69) is 46.7 Å². The minimum atomic E-state index is -0.502. The number of likely N-dealkylation sites (tertiary alicyclic amines) is 1. The molecule has 2 heterocycles. The summed E-state index contributed by atoms with van der Waals surface area (Å²) >= 11 is 1.69. The molecule has 1 fully saturated rings. The summed E-state index contributed by atoms with van der Waals surface area (Å²) in [6.07, 6.45) is 2.99. The van der Waals surface area contributed by atoms with Crippen molar-refractivity contribution < 1.29 is 5.11 Å².